The Morgan fingerprint density at radius 3 is 2.57 bits per heavy atom. The van der Waals surface area contributed by atoms with Crippen LogP contribution in [0.2, 0.25) is 0 Å². The van der Waals surface area contributed by atoms with Gasteiger partial charge in [0.2, 0.25) is 0 Å². The summed E-state index contributed by atoms with van der Waals surface area (Å²) in [6.45, 7) is 1.74. The molecule has 0 bridgehead atoms. The second-order valence-corrected chi connectivity index (χ2v) is 6.23. The predicted molar refractivity (Wildman–Crippen MR) is 75.6 cm³/mol. The Morgan fingerprint density at radius 1 is 1.26 bits per heavy atom. The lowest BCUT2D eigenvalue weighted by Crippen LogP contribution is -2.49. The van der Waals surface area contributed by atoms with Gasteiger partial charge in [-0.2, -0.15) is 13.2 Å². The summed E-state index contributed by atoms with van der Waals surface area (Å²) < 4.78 is 37.5. The van der Waals surface area contributed by atoms with Crippen LogP contribution in [0.1, 0.15) is 28.9 Å². The summed E-state index contributed by atoms with van der Waals surface area (Å²) in [6.07, 6.45) is -3.21. The van der Waals surface area contributed by atoms with Crippen molar-refractivity contribution in [3.05, 3.63) is 29.6 Å². The lowest BCUT2D eigenvalue weighted by molar-refractivity contribution is -0.137. The number of alkyl halides is 3. The van der Waals surface area contributed by atoms with Crippen molar-refractivity contribution in [2.45, 2.75) is 31.2 Å². The highest BCUT2D eigenvalue weighted by atomic mass is 19.4. The molecular formula is C15H18F3N3O2. The van der Waals surface area contributed by atoms with E-state index in [0.29, 0.717) is 30.9 Å². The number of aliphatic hydroxyl groups excluding tert-OH is 1. The maximum Gasteiger partial charge on any atom is 0.417 e. The van der Waals surface area contributed by atoms with Crippen LogP contribution < -0.4 is 10.6 Å². The largest absolute Gasteiger partial charge is 0.417 e. The number of aliphatic hydroxyl groups is 1. The molecule has 1 aliphatic carbocycles. The van der Waals surface area contributed by atoms with Crippen LogP contribution >= 0.6 is 0 Å². The van der Waals surface area contributed by atoms with E-state index in [1.165, 1.54) is 0 Å². The number of carbonyl (C=O) groups excluding carboxylic acids is 1. The first-order valence-electron chi connectivity index (χ1n) is 7.57. The molecule has 1 saturated heterocycles. The van der Waals surface area contributed by atoms with Crippen molar-refractivity contribution in [3.63, 3.8) is 0 Å². The van der Waals surface area contributed by atoms with Gasteiger partial charge in [0, 0.05) is 6.20 Å². The Morgan fingerprint density at radius 2 is 1.96 bits per heavy atom. The number of amides is 1. The van der Waals surface area contributed by atoms with Crippen molar-refractivity contribution in [3.8, 4) is 0 Å². The normalized spacial score (nSPS) is 30.8. The predicted octanol–water partition coefficient (Wildman–Crippen LogP) is 1.19. The van der Waals surface area contributed by atoms with Gasteiger partial charge in [-0.1, -0.05) is 0 Å². The summed E-state index contributed by atoms with van der Waals surface area (Å²) in [4.78, 5) is 15.7. The molecule has 1 aromatic heterocycles. The van der Waals surface area contributed by atoms with Crippen LogP contribution in [-0.4, -0.2) is 41.2 Å². The van der Waals surface area contributed by atoms with E-state index in [0.717, 1.165) is 25.2 Å². The maximum atomic E-state index is 12.5. The minimum absolute atomic E-state index is 0.0862. The quantitative estimate of drug-likeness (QED) is 0.762. The van der Waals surface area contributed by atoms with Crippen LogP contribution in [0.15, 0.2) is 18.3 Å². The molecule has 0 radical (unpaired) electrons. The third kappa shape index (κ3) is 3.48. The fourth-order valence-electron chi connectivity index (χ4n) is 3.39. The highest BCUT2D eigenvalue weighted by Crippen LogP contribution is 2.33. The number of rotatable bonds is 2. The average molecular weight is 329 g/mol. The molecule has 5 nitrogen and oxygen atoms in total. The number of pyridine rings is 1. The summed E-state index contributed by atoms with van der Waals surface area (Å²) in [7, 11) is 0. The van der Waals surface area contributed by atoms with E-state index in [2.05, 4.69) is 15.6 Å². The van der Waals surface area contributed by atoms with Gasteiger partial charge in [-0.3, -0.25) is 9.78 Å². The summed E-state index contributed by atoms with van der Waals surface area (Å²) >= 11 is 0. The first-order valence-corrected chi connectivity index (χ1v) is 7.57. The van der Waals surface area contributed by atoms with Gasteiger partial charge in [-0.15, -0.1) is 0 Å². The van der Waals surface area contributed by atoms with Gasteiger partial charge in [0.15, 0.2) is 0 Å². The third-order valence-electron chi connectivity index (χ3n) is 4.69. The number of nitrogens with zero attached hydrogens (tertiary/aromatic N) is 1. The number of aromatic nitrogens is 1. The molecule has 2 aliphatic rings. The van der Waals surface area contributed by atoms with Gasteiger partial charge >= 0.3 is 6.18 Å². The van der Waals surface area contributed by atoms with Crippen molar-refractivity contribution in [2.75, 3.05) is 13.1 Å². The molecule has 0 aromatic carbocycles. The van der Waals surface area contributed by atoms with E-state index in [1.54, 1.807) is 0 Å². The lowest BCUT2D eigenvalue weighted by atomic mass is 9.77. The van der Waals surface area contributed by atoms with Crippen LogP contribution in [0.3, 0.4) is 0 Å². The van der Waals surface area contributed by atoms with Crippen molar-refractivity contribution in [1.82, 2.24) is 15.6 Å². The molecule has 23 heavy (non-hydrogen) atoms. The molecule has 2 fully saturated rings. The molecule has 1 amide bonds. The summed E-state index contributed by atoms with van der Waals surface area (Å²) in [5, 5.41) is 16.1. The Labute approximate surface area is 131 Å². The molecule has 1 saturated carbocycles. The van der Waals surface area contributed by atoms with Crippen LogP contribution in [0.5, 0.6) is 0 Å². The standard InChI is InChI=1S/C15H18F3N3O2/c16-15(17,18)10-1-2-11(20-7-10)14(23)21-12-3-8-5-19-6-9(8)4-13(12)22/h1-2,7-9,12-13,19,22H,3-6H2,(H,21,23)/t8-,9+,12-,13-/m0/s1. The third-order valence-corrected chi connectivity index (χ3v) is 4.69. The Kier molecular flexibility index (Phi) is 4.29. The number of hydrogen-bond donors (Lipinski definition) is 3. The molecule has 3 rings (SSSR count). The van der Waals surface area contributed by atoms with Crippen LogP contribution in [0.4, 0.5) is 13.2 Å². The molecule has 1 aliphatic heterocycles. The monoisotopic (exact) mass is 329 g/mol. The van der Waals surface area contributed by atoms with Crippen molar-refractivity contribution < 1.29 is 23.1 Å². The van der Waals surface area contributed by atoms with Crippen LogP contribution in [-0.2, 0) is 6.18 Å². The maximum absolute atomic E-state index is 12.5. The second kappa shape index (κ2) is 6.09. The van der Waals surface area contributed by atoms with E-state index >= 15 is 0 Å². The molecule has 1 aromatic rings. The minimum atomic E-state index is -4.48. The van der Waals surface area contributed by atoms with Gasteiger partial charge in [0.05, 0.1) is 17.7 Å². The van der Waals surface area contributed by atoms with Gasteiger partial charge < -0.3 is 15.7 Å². The van der Waals surface area contributed by atoms with E-state index in [9.17, 15) is 23.1 Å². The Balaban J connectivity index is 1.64. The number of halogens is 3. The van der Waals surface area contributed by atoms with Crippen molar-refractivity contribution in [2.24, 2.45) is 11.8 Å². The zero-order valence-electron chi connectivity index (χ0n) is 12.3. The van der Waals surface area contributed by atoms with Crippen molar-refractivity contribution in [1.29, 1.82) is 0 Å². The van der Waals surface area contributed by atoms with E-state index in [-0.39, 0.29) is 5.69 Å². The number of nitrogens with one attached hydrogen (secondary N) is 2. The summed E-state index contributed by atoms with van der Waals surface area (Å²) in [5.41, 5.74) is -0.983. The highest BCUT2D eigenvalue weighted by molar-refractivity contribution is 5.92. The molecule has 0 spiro atoms. The molecular weight excluding hydrogens is 311 g/mol. The topological polar surface area (TPSA) is 74.2 Å². The average Bonchev–Trinajstić information content (AvgIpc) is 2.94. The summed E-state index contributed by atoms with van der Waals surface area (Å²) in [6, 6.07) is 1.48. The number of carbonyl (C=O) groups is 1. The zero-order valence-corrected chi connectivity index (χ0v) is 12.3. The Bertz CT molecular complexity index is 576. The fourth-order valence-corrected chi connectivity index (χ4v) is 3.39. The highest BCUT2D eigenvalue weighted by Gasteiger charge is 2.39. The first-order chi connectivity index (χ1) is 10.8. The Hall–Kier alpha value is -1.67. The number of hydrogen-bond acceptors (Lipinski definition) is 4. The van der Waals surface area contributed by atoms with E-state index in [4.69, 9.17) is 0 Å². The first kappa shape index (κ1) is 16.2. The van der Waals surface area contributed by atoms with Crippen LogP contribution in [0.25, 0.3) is 0 Å². The van der Waals surface area contributed by atoms with E-state index < -0.39 is 29.8 Å². The fraction of sp³-hybridized carbons (Fsp3) is 0.600. The molecule has 8 heteroatoms. The SMILES string of the molecule is O=C(N[C@H]1C[C@H]2CNC[C@H]2C[C@@H]1O)c1ccc(C(F)(F)F)cn1. The molecule has 2 heterocycles. The van der Waals surface area contributed by atoms with Gasteiger partial charge in [-0.05, 0) is 49.9 Å². The van der Waals surface area contributed by atoms with Gasteiger partial charge in [-0.25, -0.2) is 0 Å². The van der Waals surface area contributed by atoms with E-state index in [1.807, 2.05) is 0 Å². The van der Waals surface area contributed by atoms with Gasteiger partial charge in [0.25, 0.3) is 5.91 Å². The zero-order chi connectivity index (χ0) is 16.6. The van der Waals surface area contributed by atoms with Crippen LogP contribution in [0, 0.1) is 11.8 Å². The number of fused-ring (bicyclic) bond motifs is 1. The summed E-state index contributed by atoms with van der Waals surface area (Å²) in [5.74, 6) is 0.263. The molecule has 126 valence electrons. The van der Waals surface area contributed by atoms with Crippen molar-refractivity contribution >= 4 is 5.91 Å². The molecule has 0 unspecified atom stereocenters. The smallest absolute Gasteiger partial charge is 0.391 e. The lowest BCUT2D eigenvalue weighted by Gasteiger charge is -2.35. The van der Waals surface area contributed by atoms with Gasteiger partial charge in [0.1, 0.15) is 5.69 Å². The minimum Gasteiger partial charge on any atom is -0.391 e. The second-order valence-electron chi connectivity index (χ2n) is 6.23. The molecule has 4 atom stereocenters. The molecule has 3 N–H and O–H groups in total.